The predicted octanol–water partition coefficient (Wildman–Crippen LogP) is 3.22. The number of amides is 1. The summed E-state index contributed by atoms with van der Waals surface area (Å²) in [6, 6.07) is 10.7. The van der Waals surface area contributed by atoms with Gasteiger partial charge in [0.2, 0.25) is 11.1 Å². The molecule has 0 unspecified atom stereocenters. The summed E-state index contributed by atoms with van der Waals surface area (Å²) in [5.74, 6) is 1.57. The van der Waals surface area contributed by atoms with Gasteiger partial charge in [-0.1, -0.05) is 35.5 Å². The second-order valence-electron chi connectivity index (χ2n) is 6.21. The molecule has 0 spiro atoms. The van der Waals surface area contributed by atoms with E-state index < -0.39 is 0 Å². The molecule has 1 aromatic heterocycles. The molecule has 0 aliphatic carbocycles. The smallest absolute Gasteiger partial charge is 0.234 e. The number of carbonyl (C=O) groups is 1. The minimum Gasteiger partial charge on any atom is -0.494 e. The van der Waals surface area contributed by atoms with E-state index in [4.69, 9.17) is 25.8 Å². The molecule has 1 amide bonds. The highest BCUT2D eigenvalue weighted by atomic mass is 35.5. The number of aromatic nitrogens is 4. The minimum absolute atomic E-state index is 0.0836. The van der Waals surface area contributed by atoms with Crippen molar-refractivity contribution in [3.8, 4) is 22.9 Å². The van der Waals surface area contributed by atoms with Crippen LogP contribution in [-0.4, -0.2) is 52.2 Å². The van der Waals surface area contributed by atoms with Gasteiger partial charge >= 0.3 is 0 Å². The van der Waals surface area contributed by atoms with Gasteiger partial charge in [0.25, 0.3) is 0 Å². The van der Waals surface area contributed by atoms with Crippen LogP contribution in [0, 0.1) is 0 Å². The Balaban J connectivity index is 1.44. The maximum Gasteiger partial charge on any atom is 0.234 e. The lowest BCUT2D eigenvalue weighted by Gasteiger charge is -2.12. The summed E-state index contributed by atoms with van der Waals surface area (Å²) >= 11 is 7.48. The summed E-state index contributed by atoms with van der Waals surface area (Å²) in [6.07, 6.45) is 0.783. The second-order valence-corrected chi connectivity index (χ2v) is 7.56. The first-order valence-electron chi connectivity index (χ1n) is 9.09. The molecule has 0 atom stereocenters. The number of carbonyl (C=O) groups excluding carboxylic acids is 1. The van der Waals surface area contributed by atoms with Gasteiger partial charge in [0.05, 0.1) is 36.8 Å². The molecule has 1 N–H and O–H groups in total. The number of benzene rings is 2. The van der Waals surface area contributed by atoms with Crippen LogP contribution in [0.3, 0.4) is 0 Å². The summed E-state index contributed by atoms with van der Waals surface area (Å²) < 4.78 is 18.1. The van der Waals surface area contributed by atoms with E-state index in [9.17, 15) is 4.79 Å². The molecule has 11 heteroatoms. The monoisotopic (exact) mass is 447 g/mol. The number of hydrogen-bond donors (Lipinski definition) is 1. The van der Waals surface area contributed by atoms with Crippen molar-refractivity contribution in [2.75, 3.05) is 31.4 Å². The number of fused-ring (bicyclic) bond motifs is 1. The maximum absolute atomic E-state index is 12.5. The number of anilines is 1. The first-order chi connectivity index (χ1) is 14.7. The zero-order valence-corrected chi connectivity index (χ0v) is 17.6. The van der Waals surface area contributed by atoms with Crippen molar-refractivity contribution in [2.24, 2.45) is 0 Å². The topological polar surface area (TPSA) is 100 Å². The molecule has 4 rings (SSSR count). The van der Waals surface area contributed by atoms with Crippen LogP contribution < -0.4 is 19.5 Å². The first kappa shape index (κ1) is 20.3. The fourth-order valence-corrected chi connectivity index (χ4v) is 3.71. The van der Waals surface area contributed by atoms with Gasteiger partial charge in [0, 0.05) is 18.6 Å². The Bertz CT molecular complexity index is 1060. The van der Waals surface area contributed by atoms with Gasteiger partial charge in [-0.05, 0) is 22.6 Å². The molecule has 30 heavy (non-hydrogen) atoms. The fraction of sp³-hybridized carbons (Fsp3) is 0.263. The highest BCUT2D eigenvalue weighted by Gasteiger charge is 2.17. The quantitative estimate of drug-likeness (QED) is 0.575. The lowest BCUT2D eigenvalue weighted by molar-refractivity contribution is -0.113. The van der Waals surface area contributed by atoms with Crippen molar-refractivity contribution in [3.63, 3.8) is 0 Å². The van der Waals surface area contributed by atoms with Crippen LogP contribution in [0.2, 0.25) is 5.02 Å². The molecular formula is C19H18ClN5O4S. The number of methoxy groups -OCH3 is 1. The molecule has 0 fully saturated rings. The number of halogens is 1. The Kier molecular flexibility index (Phi) is 6.24. The van der Waals surface area contributed by atoms with Crippen molar-refractivity contribution in [1.82, 2.24) is 20.2 Å². The van der Waals surface area contributed by atoms with Gasteiger partial charge in [-0.15, -0.1) is 5.10 Å². The molecule has 1 aliphatic rings. The Morgan fingerprint density at radius 2 is 2.03 bits per heavy atom. The van der Waals surface area contributed by atoms with Gasteiger partial charge < -0.3 is 19.5 Å². The SMILES string of the molecule is COc1ccccc1-n1nnnc1SCC(=O)Nc1cc2c(cc1Cl)OCCCO2. The molecule has 0 radical (unpaired) electrons. The largest absolute Gasteiger partial charge is 0.494 e. The highest BCUT2D eigenvalue weighted by Crippen LogP contribution is 2.37. The Hall–Kier alpha value is -2.98. The van der Waals surface area contributed by atoms with Crippen molar-refractivity contribution < 1.29 is 19.0 Å². The zero-order chi connectivity index (χ0) is 20.9. The third-order valence-electron chi connectivity index (χ3n) is 4.20. The third-order valence-corrected chi connectivity index (χ3v) is 5.43. The number of rotatable bonds is 6. The van der Waals surface area contributed by atoms with Crippen molar-refractivity contribution in [2.45, 2.75) is 11.6 Å². The molecule has 9 nitrogen and oxygen atoms in total. The molecule has 0 bridgehead atoms. The zero-order valence-electron chi connectivity index (χ0n) is 16.0. The van der Waals surface area contributed by atoms with Crippen LogP contribution in [0.25, 0.3) is 5.69 Å². The van der Waals surface area contributed by atoms with Crippen LogP contribution in [0.15, 0.2) is 41.6 Å². The van der Waals surface area contributed by atoms with Crippen LogP contribution >= 0.6 is 23.4 Å². The summed E-state index contributed by atoms with van der Waals surface area (Å²) in [7, 11) is 1.57. The average molecular weight is 448 g/mol. The van der Waals surface area contributed by atoms with E-state index >= 15 is 0 Å². The van der Waals surface area contributed by atoms with Gasteiger partial charge in [0.15, 0.2) is 11.5 Å². The predicted molar refractivity (Wildman–Crippen MR) is 112 cm³/mol. The number of nitrogens with zero attached hydrogens (tertiary/aromatic N) is 4. The summed E-state index contributed by atoms with van der Waals surface area (Å²) in [4.78, 5) is 12.5. The first-order valence-corrected chi connectivity index (χ1v) is 10.5. The number of thioether (sulfide) groups is 1. The van der Waals surface area contributed by atoms with Crippen LogP contribution in [0.5, 0.6) is 17.2 Å². The molecular weight excluding hydrogens is 430 g/mol. The summed E-state index contributed by atoms with van der Waals surface area (Å²) in [6.45, 7) is 1.11. The van der Waals surface area contributed by atoms with Gasteiger partial charge in [-0.25, -0.2) is 0 Å². The molecule has 156 valence electrons. The van der Waals surface area contributed by atoms with Gasteiger partial charge in [-0.3, -0.25) is 4.79 Å². The maximum atomic E-state index is 12.5. The lowest BCUT2D eigenvalue weighted by atomic mass is 10.2. The summed E-state index contributed by atoms with van der Waals surface area (Å²) in [5, 5.41) is 15.3. The molecule has 2 heterocycles. The Morgan fingerprint density at radius 3 is 2.83 bits per heavy atom. The van der Waals surface area contributed by atoms with E-state index in [0.717, 1.165) is 6.42 Å². The van der Waals surface area contributed by atoms with Crippen molar-refractivity contribution in [1.29, 1.82) is 0 Å². The third kappa shape index (κ3) is 4.44. The molecule has 0 saturated heterocycles. The number of tetrazole rings is 1. The normalized spacial score (nSPS) is 12.9. The van der Waals surface area contributed by atoms with Crippen molar-refractivity contribution >= 4 is 35.0 Å². The van der Waals surface area contributed by atoms with Gasteiger partial charge in [-0.2, -0.15) is 4.68 Å². The van der Waals surface area contributed by atoms with E-state index in [1.807, 2.05) is 24.3 Å². The average Bonchev–Trinajstić information content (AvgIpc) is 3.11. The standard InChI is InChI=1S/C19H18ClN5O4S/c1-27-15-6-3-2-5-14(15)25-19(22-23-24-25)30-11-18(26)21-13-10-17-16(9-12(13)20)28-7-4-8-29-17/h2-3,5-6,9-10H,4,7-8,11H2,1H3,(H,21,26). The Labute approximate surface area is 181 Å². The van der Waals surface area contributed by atoms with E-state index in [0.29, 0.717) is 52.0 Å². The van der Waals surface area contributed by atoms with E-state index in [1.54, 1.807) is 19.2 Å². The van der Waals surface area contributed by atoms with Gasteiger partial charge in [0.1, 0.15) is 11.4 Å². The van der Waals surface area contributed by atoms with E-state index in [-0.39, 0.29) is 11.7 Å². The minimum atomic E-state index is -0.258. The van der Waals surface area contributed by atoms with Crippen molar-refractivity contribution in [3.05, 3.63) is 41.4 Å². The molecule has 2 aromatic carbocycles. The van der Waals surface area contributed by atoms with Crippen LogP contribution in [0.4, 0.5) is 5.69 Å². The number of hydrogen-bond acceptors (Lipinski definition) is 8. The number of nitrogens with one attached hydrogen (secondary N) is 1. The van der Waals surface area contributed by atoms with E-state index in [1.165, 1.54) is 16.4 Å². The van der Waals surface area contributed by atoms with Crippen LogP contribution in [-0.2, 0) is 4.79 Å². The summed E-state index contributed by atoms with van der Waals surface area (Å²) in [5.41, 5.74) is 1.13. The molecule has 0 saturated carbocycles. The second kappa shape index (κ2) is 9.23. The lowest BCUT2D eigenvalue weighted by Crippen LogP contribution is -2.15. The van der Waals surface area contributed by atoms with E-state index in [2.05, 4.69) is 20.8 Å². The number of para-hydroxylation sites is 2. The number of ether oxygens (including phenoxy) is 3. The van der Waals surface area contributed by atoms with Crippen LogP contribution in [0.1, 0.15) is 6.42 Å². The Morgan fingerprint density at radius 1 is 1.27 bits per heavy atom. The fourth-order valence-electron chi connectivity index (χ4n) is 2.82. The molecule has 1 aliphatic heterocycles. The highest BCUT2D eigenvalue weighted by molar-refractivity contribution is 7.99. The molecule has 3 aromatic rings.